The Kier molecular flexibility index (Phi) is 5.23. The molecule has 1 fully saturated rings. The summed E-state index contributed by atoms with van der Waals surface area (Å²) < 4.78 is 0. The third-order valence-corrected chi connectivity index (χ3v) is 5.29. The molecule has 134 valence electrons. The Morgan fingerprint density at radius 2 is 2.08 bits per heavy atom. The zero-order chi connectivity index (χ0) is 18.0. The van der Waals surface area contributed by atoms with Crippen LogP contribution in [-0.2, 0) is 11.2 Å². The number of fused-ring (bicyclic) bond motifs is 1. The van der Waals surface area contributed by atoms with E-state index in [9.17, 15) is 14.7 Å². The molecule has 5 heteroatoms. The normalized spacial score (nSPS) is 21.4. The maximum absolute atomic E-state index is 13.2. The summed E-state index contributed by atoms with van der Waals surface area (Å²) in [5, 5.41) is 10.1. The average molecular weight is 342 g/mol. The molecule has 5 nitrogen and oxygen atoms in total. The number of anilines is 1. The van der Waals surface area contributed by atoms with Gasteiger partial charge in [0.05, 0.1) is 12.1 Å². The molecule has 2 atom stereocenters. The van der Waals surface area contributed by atoms with Gasteiger partial charge in [0.25, 0.3) is 5.91 Å². The zero-order valence-electron chi connectivity index (χ0n) is 14.8. The molecule has 1 N–H and O–H groups in total. The fraction of sp³-hybridized carbons (Fsp3) is 0.500. The number of carbonyl (C=O) groups is 2. The summed E-state index contributed by atoms with van der Waals surface area (Å²) in [5.74, 6) is -0.166. The Morgan fingerprint density at radius 1 is 1.28 bits per heavy atom. The Morgan fingerprint density at radius 3 is 2.80 bits per heavy atom. The first kappa shape index (κ1) is 17.7. The molecule has 1 saturated heterocycles. The Bertz CT molecular complexity index is 684. The maximum atomic E-state index is 13.2. The van der Waals surface area contributed by atoms with Crippen molar-refractivity contribution in [2.24, 2.45) is 0 Å². The van der Waals surface area contributed by atoms with E-state index >= 15 is 0 Å². The summed E-state index contributed by atoms with van der Waals surface area (Å²) in [4.78, 5) is 28.9. The largest absolute Gasteiger partial charge is 0.391 e. The summed E-state index contributed by atoms with van der Waals surface area (Å²) in [6, 6.07) is 5.44. The van der Waals surface area contributed by atoms with E-state index in [-0.39, 0.29) is 17.9 Å². The Hall–Kier alpha value is -2.14. The lowest BCUT2D eigenvalue weighted by Crippen LogP contribution is -2.49. The van der Waals surface area contributed by atoms with Crippen molar-refractivity contribution in [3.8, 4) is 0 Å². The van der Waals surface area contributed by atoms with Crippen LogP contribution in [0.1, 0.15) is 48.5 Å². The van der Waals surface area contributed by atoms with Gasteiger partial charge in [0.2, 0.25) is 5.91 Å². The third kappa shape index (κ3) is 3.33. The number of benzene rings is 1. The van der Waals surface area contributed by atoms with Gasteiger partial charge >= 0.3 is 0 Å². The second-order valence-electron chi connectivity index (χ2n) is 6.90. The molecule has 0 bridgehead atoms. The Labute approximate surface area is 148 Å². The highest BCUT2D eigenvalue weighted by Crippen LogP contribution is 2.32. The lowest BCUT2D eigenvalue weighted by Gasteiger charge is -2.38. The van der Waals surface area contributed by atoms with Crippen LogP contribution in [0, 0.1) is 0 Å². The molecule has 3 rings (SSSR count). The number of hydrogen-bond acceptors (Lipinski definition) is 3. The zero-order valence-corrected chi connectivity index (χ0v) is 14.8. The molecule has 2 unspecified atom stereocenters. The number of nitrogens with zero attached hydrogens (tertiary/aromatic N) is 2. The number of rotatable bonds is 3. The highest BCUT2D eigenvalue weighted by Gasteiger charge is 2.33. The SMILES string of the molecule is C=CC(=O)N1CCCc2c(C(=O)N3CCCCC3C(C)O)cccc21. The van der Waals surface area contributed by atoms with E-state index < -0.39 is 6.10 Å². The van der Waals surface area contributed by atoms with Crippen LogP contribution in [0.4, 0.5) is 5.69 Å². The quantitative estimate of drug-likeness (QED) is 0.859. The summed E-state index contributed by atoms with van der Waals surface area (Å²) >= 11 is 0. The van der Waals surface area contributed by atoms with Crippen LogP contribution < -0.4 is 4.90 Å². The molecular weight excluding hydrogens is 316 g/mol. The molecule has 0 aliphatic carbocycles. The predicted octanol–water partition coefficient (Wildman–Crippen LogP) is 2.53. The van der Waals surface area contributed by atoms with E-state index in [2.05, 4.69) is 6.58 Å². The number of piperidine rings is 1. The summed E-state index contributed by atoms with van der Waals surface area (Å²) in [6.07, 6.45) is 5.22. The van der Waals surface area contributed by atoms with Crippen molar-refractivity contribution in [3.05, 3.63) is 42.0 Å². The van der Waals surface area contributed by atoms with Crippen molar-refractivity contribution in [2.45, 2.75) is 51.2 Å². The monoisotopic (exact) mass is 342 g/mol. The van der Waals surface area contributed by atoms with Gasteiger partial charge < -0.3 is 14.9 Å². The van der Waals surface area contributed by atoms with Gasteiger partial charge in [0.1, 0.15) is 0 Å². The highest BCUT2D eigenvalue weighted by atomic mass is 16.3. The van der Waals surface area contributed by atoms with Gasteiger partial charge in [-0.15, -0.1) is 0 Å². The molecule has 2 amide bonds. The van der Waals surface area contributed by atoms with Gasteiger partial charge in [-0.3, -0.25) is 9.59 Å². The van der Waals surface area contributed by atoms with Gasteiger partial charge in [0, 0.05) is 24.3 Å². The molecule has 0 saturated carbocycles. The fourth-order valence-corrected chi connectivity index (χ4v) is 4.03. The van der Waals surface area contributed by atoms with Crippen LogP contribution in [0.15, 0.2) is 30.9 Å². The van der Waals surface area contributed by atoms with Crippen LogP contribution in [0.25, 0.3) is 0 Å². The number of carbonyl (C=O) groups excluding carboxylic acids is 2. The molecule has 2 aliphatic rings. The molecule has 25 heavy (non-hydrogen) atoms. The molecule has 1 aromatic carbocycles. The topological polar surface area (TPSA) is 60.9 Å². The number of hydrogen-bond donors (Lipinski definition) is 1. The minimum Gasteiger partial charge on any atom is -0.391 e. The fourth-order valence-electron chi connectivity index (χ4n) is 4.03. The number of aliphatic hydroxyl groups excluding tert-OH is 1. The van der Waals surface area contributed by atoms with E-state index in [0.29, 0.717) is 18.7 Å². The van der Waals surface area contributed by atoms with Crippen LogP contribution in [0.3, 0.4) is 0 Å². The standard InChI is InChI=1S/C20H26N2O3/c1-3-19(24)21-13-7-9-15-16(8-6-11-18(15)21)20(25)22-12-5-4-10-17(22)14(2)23/h3,6,8,11,14,17,23H,1,4-5,7,9-10,12-13H2,2H3. The molecular formula is C20H26N2O3. The van der Waals surface area contributed by atoms with Gasteiger partial charge in [0.15, 0.2) is 0 Å². The molecule has 0 spiro atoms. The van der Waals surface area contributed by atoms with E-state index in [1.54, 1.807) is 11.8 Å². The summed E-state index contributed by atoms with van der Waals surface area (Å²) in [5.41, 5.74) is 2.41. The van der Waals surface area contributed by atoms with E-state index in [1.165, 1.54) is 6.08 Å². The van der Waals surface area contributed by atoms with Crippen molar-refractivity contribution in [1.29, 1.82) is 0 Å². The second-order valence-corrected chi connectivity index (χ2v) is 6.90. The number of likely N-dealkylation sites (tertiary alicyclic amines) is 1. The average Bonchev–Trinajstić information content (AvgIpc) is 2.65. The summed E-state index contributed by atoms with van der Waals surface area (Å²) in [7, 11) is 0. The third-order valence-electron chi connectivity index (χ3n) is 5.29. The minimum atomic E-state index is -0.539. The second kappa shape index (κ2) is 7.40. The first-order chi connectivity index (χ1) is 12.0. The molecule has 0 radical (unpaired) electrons. The lowest BCUT2D eigenvalue weighted by atomic mass is 9.92. The summed E-state index contributed by atoms with van der Waals surface area (Å²) in [6.45, 7) is 6.65. The van der Waals surface area contributed by atoms with Crippen LogP contribution in [0.2, 0.25) is 0 Å². The van der Waals surface area contributed by atoms with E-state index in [4.69, 9.17) is 0 Å². The van der Waals surface area contributed by atoms with Crippen LogP contribution in [0.5, 0.6) is 0 Å². The maximum Gasteiger partial charge on any atom is 0.254 e. The van der Waals surface area contributed by atoms with Crippen molar-refractivity contribution < 1.29 is 14.7 Å². The van der Waals surface area contributed by atoms with Gasteiger partial charge in [-0.1, -0.05) is 12.6 Å². The van der Waals surface area contributed by atoms with Gasteiger partial charge in [-0.2, -0.15) is 0 Å². The molecule has 1 aromatic rings. The van der Waals surface area contributed by atoms with Gasteiger partial charge in [-0.25, -0.2) is 0 Å². The number of amides is 2. The Balaban J connectivity index is 1.96. The van der Waals surface area contributed by atoms with Crippen LogP contribution in [-0.4, -0.2) is 47.1 Å². The van der Waals surface area contributed by atoms with Gasteiger partial charge in [-0.05, 0) is 62.8 Å². The smallest absolute Gasteiger partial charge is 0.254 e. The van der Waals surface area contributed by atoms with Crippen molar-refractivity contribution in [3.63, 3.8) is 0 Å². The highest BCUT2D eigenvalue weighted by molar-refractivity contribution is 6.04. The van der Waals surface area contributed by atoms with E-state index in [0.717, 1.165) is 43.4 Å². The first-order valence-electron chi connectivity index (χ1n) is 9.09. The van der Waals surface area contributed by atoms with E-state index in [1.807, 2.05) is 23.1 Å². The van der Waals surface area contributed by atoms with Crippen LogP contribution >= 0.6 is 0 Å². The predicted molar refractivity (Wildman–Crippen MR) is 97.7 cm³/mol. The molecule has 2 aliphatic heterocycles. The molecule has 0 aromatic heterocycles. The first-order valence-corrected chi connectivity index (χ1v) is 9.09. The van der Waals surface area contributed by atoms with Crippen molar-refractivity contribution in [1.82, 2.24) is 4.90 Å². The lowest BCUT2D eigenvalue weighted by molar-refractivity contribution is -0.114. The molecule has 2 heterocycles. The number of aliphatic hydroxyl groups is 1. The van der Waals surface area contributed by atoms with Crippen molar-refractivity contribution >= 4 is 17.5 Å². The van der Waals surface area contributed by atoms with Crippen molar-refractivity contribution in [2.75, 3.05) is 18.0 Å². The minimum absolute atomic E-state index is 0.0321.